The predicted octanol–water partition coefficient (Wildman–Crippen LogP) is 2.32. The first-order valence-corrected chi connectivity index (χ1v) is 7.52. The molecule has 0 bridgehead atoms. The number of carboxylic acid groups (broad SMARTS) is 1. The summed E-state index contributed by atoms with van der Waals surface area (Å²) in [5, 5.41) is 11.5. The number of benzene rings is 2. The quantitative estimate of drug-likeness (QED) is 0.607. The van der Waals surface area contributed by atoms with Crippen LogP contribution in [0.15, 0.2) is 42.5 Å². The van der Waals surface area contributed by atoms with Crippen LogP contribution in [0.2, 0.25) is 0 Å². The fourth-order valence-corrected chi connectivity index (χ4v) is 2.17. The first-order valence-electron chi connectivity index (χ1n) is 7.52. The molecule has 0 radical (unpaired) electrons. The number of carbonyl (C=O) groups is 3. The Hall–Kier alpha value is -3.29. The van der Waals surface area contributed by atoms with Crippen LogP contribution >= 0.6 is 0 Å². The predicted molar refractivity (Wildman–Crippen MR) is 86.7 cm³/mol. The lowest BCUT2D eigenvalue weighted by atomic mass is 10.1. The van der Waals surface area contributed by atoms with Gasteiger partial charge in [0.1, 0.15) is 11.8 Å². The van der Waals surface area contributed by atoms with Crippen LogP contribution in [0.1, 0.15) is 22.8 Å². The number of halogens is 2. The zero-order valence-electron chi connectivity index (χ0n) is 13.7. The highest BCUT2D eigenvalue weighted by Crippen LogP contribution is 2.14. The Morgan fingerprint density at radius 1 is 1.08 bits per heavy atom. The minimum absolute atomic E-state index is 0.0505. The van der Waals surface area contributed by atoms with Crippen LogP contribution in [0.25, 0.3) is 0 Å². The molecular formula is C18H15F2NO5. The molecule has 0 aliphatic rings. The number of aliphatic carboxylic acids is 1. The van der Waals surface area contributed by atoms with E-state index >= 15 is 0 Å². The molecule has 1 amide bonds. The van der Waals surface area contributed by atoms with Gasteiger partial charge in [0.2, 0.25) is 0 Å². The first kappa shape index (κ1) is 19.0. The topological polar surface area (TPSA) is 92.7 Å². The summed E-state index contributed by atoms with van der Waals surface area (Å²) in [4.78, 5) is 34.3. The zero-order chi connectivity index (χ0) is 19.3. The van der Waals surface area contributed by atoms with Crippen LogP contribution < -0.4 is 10.1 Å². The maximum Gasteiger partial charge on any atom is 0.326 e. The van der Waals surface area contributed by atoms with E-state index in [1.807, 2.05) is 0 Å². The Morgan fingerprint density at radius 3 is 2.27 bits per heavy atom. The van der Waals surface area contributed by atoms with Gasteiger partial charge in [-0.1, -0.05) is 12.1 Å². The molecule has 136 valence electrons. The largest absolute Gasteiger partial charge is 0.480 e. The van der Waals surface area contributed by atoms with Gasteiger partial charge >= 0.3 is 11.9 Å². The maximum atomic E-state index is 13.2. The number of rotatable bonds is 6. The van der Waals surface area contributed by atoms with Crippen molar-refractivity contribution >= 4 is 17.8 Å². The molecule has 0 aliphatic heterocycles. The molecule has 0 spiro atoms. The third-order valence-electron chi connectivity index (χ3n) is 3.41. The van der Waals surface area contributed by atoms with Gasteiger partial charge in [0.05, 0.1) is 0 Å². The monoisotopic (exact) mass is 363 g/mol. The average Bonchev–Trinajstić information content (AvgIpc) is 2.57. The SMILES string of the molecule is CC(=O)Oc1ccc(CC(NC(=O)c2ccc(F)c(F)c2)C(=O)O)cc1. The van der Waals surface area contributed by atoms with Gasteiger partial charge in [-0.25, -0.2) is 13.6 Å². The van der Waals surface area contributed by atoms with Gasteiger partial charge in [-0.2, -0.15) is 0 Å². The number of hydrogen-bond acceptors (Lipinski definition) is 4. The molecule has 2 N–H and O–H groups in total. The molecule has 6 nitrogen and oxygen atoms in total. The summed E-state index contributed by atoms with van der Waals surface area (Å²) in [5.41, 5.74) is 0.374. The summed E-state index contributed by atoms with van der Waals surface area (Å²) in [6.45, 7) is 1.25. The molecule has 2 rings (SSSR count). The normalized spacial score (nSPS) is 11.5. The third-order valence-corrected chi connectivity index (χ3v) is 3.41. The molecular weight excluding hydrogens is 348 g/mol. The smallest absolute Gasteiger partial charge is 0.326 e. The summed E-state index contributed by atoms with van der Waals surface area (Å²) in [6.07, 6.45) is -0.0505. The second-order valence-corrected chi connectivity index (χ2v) is 5.43. The number of carboxylic acids is 1. The van der Waals surface area contributed by atoms with E-state index in [1.165, 1.54) is 19.1 Å². The highest BCUT2D eigenvalue weighted by molar-refractivity contribution is 5.96. The van der Waals surface area contributed by atoms with Crippen molar-refractivity contribution < 1.29 is 33.0 Å². The van der Waals surface area contributed by atoms with Gasteiger partial charge in [0.15, 0.2) is 11.6 Å². The molecule has 0 fully saturated rings. The number of carbonyl (C=O) groups excluding carboxylic acids is 2. The number of hydrogen-bond donors (Lipinski definition) is 2. The van der Waals surface area contributed by atoms with E-state index < -0.39 is 35.5 Å². The summed E-state index contributed by atoms with van der Waals surface area (Å²) in [5.74, 6) is -4.62. The Morgan fingerprint density at radius 2 is 1.73 bits per heavy atom. The zero-order valence-corrected chi connectivity index (χ0v) is 13.7. The van der Waals surface area contributed by atoms with Gasteiger partial charge in [-0.15, -0.1) is 0 Å². The van der Waals surface area contributed by atoms with Gasteiger partial charge < -0.3 is 15.2 Å². The number of amides is 1. The van der Waals surface area contributed by atoms with Crippen molar-refractivity contribution in [3.63, 3.8) is 0 Å². The molecule has 0 heterocycles. The fraction of sp³-hybridized carbons (Fsp3) is 0.167. The summed E-state index contributed by atoms with van der Waals surface area (Å²) in [6, 6.07) is 7.34. The Kier molecular flexibility index (Phi) is 6.00. The fourth-order valence-electron chi connectivity index (χ4n) is 2.17. The highest BCUT2D eigenvalue weighted by atomic mass is 19.2. The second kappa shape index (κ2) is 8.19. The van der Waals surface area contributed by atoms with Crippen LogP contribution in [0.3, 0.4) is 0 Å². The lowest BCUT2D eigenvalue weighted by molar-refractivity contribution is -0.139. The van der Waals surface area contributed by atoms with Crippen LogP contribution in [-0.4, -0.2) is 29.0 Å². The third kappa shape index (κ3) is 5.10. The summed E-state index contributed by atoms with van der Waals surface area (Å²) >= 11 is 0. The van der Waals surface area contributed by atoms with Crippen molar-refractivity contribution in [2.75, 3.05) is 0 Å². The van der Waals surface area contributed by atoms with Crippen molar-refractivity contribution in [1.29, 1.82) is 0 Å². The van der Waals surface area contributed by atoms with E-state index in [0.717, 1.165) is 12.1 Å². The molecule has 8 heteroatoms. The van der Waals surface area contributed by atoms with Gasteiger partial charge in [0.25, 0.3) is 5.91 Å². The van der Waals surface area contributed by atoms with Crippen molar-refractivity contribution in [2.24, 2.45) is 0 Å². The van der Waals surface area contributed by atoms with Crippen LogP contribution in [-0.2, 0) is 16.0 Å². The van der Waals surface area contributed by atoms with E-state index in [1.54, 1.807) is 12.1 Å². The van der Waals surface area contributed by atoms with Crippen molar-refractivity contribution in [2.45, 2.75) is 19.4 Å². The molecule has 0 saturated carbocycles. The number of ether oxygens (including phenoxy) is 1. The molecule has 0 saturated heterocycles. The van der Waals surface area contributed by atoms with Crippen molar-refractivity contribution in [1.82, 2.24) is 5.32 Å². The second-order valence-electron chi connectivity index (χ2n) is 5.43. The number of nitrogens with one attached hydrogen (secondary N) is 1. The molecule has 0 aliphatic carbocycles. The molecule has 1 atom stereocenters. The van der Waals surface area contributed by atoms with E-state index in [9.17, 15) is 28.3 Å². The maximum absolute atomic E-state index is 13.2. The molecule has 2 aromatic rings. The molecule has 26 heavy (non-hydrogen) atoms. The minimum atomic E-state index is -1.29. The van der Waals surface area contributed by atoms with Gasteiger partial charge in [-0.3, -0.25) is 9.59 Å². The Labute approximate surface area is 147 Å². The van der Waals surface area contributed by atoms with E-state index in [2.05, 4.69) is 5.32 Å². The first-order chi connectivity index (χ1) is 12.3. The van der Waals surface area contributed by atoms with Crippen molar-refractivity contribution in [3.8, 4) is 5.75 Å². The highest BCUT2D eigenvalue weighted by Gasteiger charge is 2.22. The van der Waals surface area contributed by atoms with Gasteiger partial charge in [0, 0.05) is 18.9 Å². The summed E-state index contributed by atoms with van der Waals surface area (Å²) in [7, 11) is 0. The van der Waals surface area contributed by atoms with Crippen LogP contribution in [0.5, 0.6) is 5.75 Å². The minimum Gasteiger partial charge on any atom is -0.480 e. The van der Waals surface area contributed by atoms with E-state index in [-0.39, 0.29) is 12.0 Å². The molecule has 1 unspecified atom stereocenters. The molecule has 0 aromatic heterocycles. The van der Waals surface area contributed by atoms with Gasteiger partial charge in [-0.05, 0) is 35.9 Å². The Balaban J connectivity index is 2.08. The van der Waals surface area contributed by atoms with E-state index in [0.29, 0.717) is 17.4 Å². The average molecular weight is 363 g/mol. The summed E-state index contributed by atoms with van der Waals surface area (Å²) < 4.78 is 31.0. The number of esters is 1. The van der Waals surface area contributed by atoms with Crippen molar-refractivity contribution in [3.05, 3.63) is 65.2 Å². The standard InChI is InChI=1S/C18H15F2NO5/c1-10(22)26-13-5-2-11(3-6-13)8-16(18(24)25)21-17(23)12-4-7-14(19)15(20)9-12/h2-7,9,16H,8H2,1H3,(H,21,23)(H,24,25). The van der Waals surface area contributed by atoms with Crippen LogP contribution in [0.4, 0.5) is 8.78 Å². The van der Waals surface area contributed by atoms with E-state index in [4.69, 9.17) is 4.74 Å². The Bertz CT molecular complexity index is 836. The lowest BCUT2D eigenvalue weighted by Gasteiger charge is -2.15. The molecule has 2 aromatic carbocycles. The lowest BCUT2D eigenvalue weighted by Crippen LogP contribution is -2.42. The van der Waals surface area contributed by atoms with Crippen LogP contribution in [0, 0.1) is 11.6 Å².